The van der Waals surface area contributed by atoms with Crippen LogP contribution in [0.25, 0.3) is 0 Å². The molecule has 0 radical (unpaired) electrons. The van der Waals surface area contributed by atoms with Gasteiger partial charge in [0.05, 0.1) is 12.1 Å². The minimum Gasteiger partial charge on any atom is -0.380 e. The first-order valence-electron chi connectivity index (χ1n) is 7.71. The van der Waals surface area contributed by atoms with Crippen molar-refractivity contribution in [1.82, 2.24) is 10.2 Å². The molecule has 0 spiro atoms. The van der Waals surface area contributed by atoms with Crippen molar-refractivity contribution >= 4 is 0 Å². The van der Waals surface area contributed by atoms with E-state index in [1.165, 1.54) is 5.56 Å². The topological polar surface area (TPSA) is 24.5 Å². The molecule has 0 bridgehead atoms. The lowest BCUT2D eigenvalue weighted by atomic mass is 9.88. The summed E-state index contributed by atoms with van der Waals surface area (Å²) in [5.41, 5.74) is 1.38. The molecule has 1 N–H and O–H groups in total. The summed E-state index contributed by atoms with van der Waals surface area (Å²) in [6.45, 7) is 12.6. The lowest BCUT2D eigenvalue weighted by Gasteiger charge is -2.48. The van der Waals surface area contributed by atoms with Crippen LogP contribution in [-0.4, -0.2) is 43.3 Å². The minimum atomic E-state index is 0.0221. The Hall–Kier alpha value is -0.900. The molecule has 0 aliphatic carbocycles. The number of ether oxygens (including phenoxy) is 1. The molecule has 3 unspecified atom stereocenters. The van der Waals surface area contributed by atoms with E-state index in [2.05, 4.69) is 68.2 Å². The first kappa shape index (κ1) is 15.5. The summed E-state index contributed by atoms with van der Waals surface area (Å²) in [4.78, 5) is 2.57. The molecule has 0 aromatic heterocycles. The van der Waals surface area contributed by atoms with Gasteiger partial charge in [-0.1, -0.05) is 30.3 Å². The first-order chi connectivity index (χ1) is 9.57. The van der Waals surface area contributed by atoms with Crippen LogP contribution >= 0.6 is 0 Å². The summed E-state index contributed by atoms with van der Waals surface area (Å²) in [6, 6.07) is 11.7. The second-order valence-corrected chi connectivity index (χ2v) is 6.11. The van der Waals surface area contributed by atoms with Crippen molar-refractivity contribution in [3.63, 3.8) is 0 Å². The minimum absolute atomic E-state index is 0.0221. The van der Waals surface area contributed by atoms with E-state index in [-0.39, 0.29) is 5.54 Å². The van der Waals surface area contributed by atoms with E-state index in [1.807, 2.05) is 0 Å². The predicted octanol–water partition coefficient (Wildman–Crippen LogP) is 2.62. The van der Waals surface area contributed by atoms with Crippen LogP contribution in [0.3, 0.4) is 0 Å². The lowest BCUT2D eigenvalue weighted by Crippen LogP contribution is -2.62. The summed E-state index contributed by atoms with van der Waals surface area (Å²) in [7, 11) is 0. The average molecular weight is 276 g/mol. The SMILES string of the molecule is CCOCC(C)N1CC(C)(c2ccccc2)NCC1C. The average Bonchev–Trinajstić information content (AvgIpc) is 2.48. The molecule has 1 aromatic carbocycles. The zero-order chi connectivity index (χ0) is 14.6. The standard InChI is InChI=1S/C17H28N2O/c1-5-20-12-15(3)19-13-17(4,18-11-14(19)2)16-9-7-6-8-10-16/h6-10,14-15,18H,5,11-13H2,1-4H3. The number of nitrogens with zero attached hydrogens (tertiary/aromatic N) is 1. The van der Waals surface area contributed by atoms with E-state index in [0.717, 1.165) is 26.3 Å². The molecule has 1 aromatic rings. The van der Waals surface area contributed by atoms with Crippen molar-refractivity contribution in [3.05, 3.63) is 35.9 Å². The number of hydrogen-bond acceptors (Lipinski definition) is 3. The van der Waals surface area contributed by atoms with Gasteiger partial charge < -0.3 is 10.1 Å². The van der Waals surface area contributed by atoms with E-state index in [9.17, 15) is 0 Å². The Kier molecular flexibility index (Phi) is 5.19. The molecular weight excluding hydrogens is 248 g/mol. The largest absolute Gasteiger partial charge is 0.380 e. The van der Waals surface area contributed by atoms with Crippen LogP contribution in [0.5, 0.6) is 0 Å². The molecule has 1 aliphatic heterocycles. The summed E-state index contributed by atoms with van der Waals surface area (Å²) < 4.78 is 5.61. The number of hydrogen-bond donors (Lipinski definition) is 1. The lowest BCUT2D eigenvalue weighted by molar-refractivity contribution is 0.0139. The molecule has 112 valence electrons. The molecule has 3 heteroatoms. The molecule has 1 fully saturated rings. The Morgan fingerprint density at radius 3 is 2.75 bits per heavy atom. The van der Waals surface area contributed by atoms with E-state index >= 15 is 0 Å². The van der Waals surface area contributed by atoms with E-state index in [4.69, 9.17) is 4.74 Å². The van der Waals surface area contributed by atoms with Crippen molar-refractivity contribution in [3.8, 4) is 0 Å². The van der Waals surface area contributed by atoms with Crippen molar-refractivity contribution < 1.29 is 4.74 Å². The normalized spacial score (nSPS) is 29.3. The number of nitrogens with one attached hydrogen (secondary N) is 1. The van der Waals surface area contributed by atoms with Gasteiger partial charge in [0.15, 0.2) is 0 Å². The van der Waals surface area contributed by atoms with Crippen molar-refractivity contribution in [2.45, 2.75) is 45.3 Å². The van der Waals surface area contributed by atoms with Gasteiger partial charge in [0.2, 0.25) is 0 Å². The smallest absolute Gasteiger partial charge is 0.0619 e. The fourth-order valence-electron chi connectivity index (χ4n) is 3.04. The Morgan fingerprint density at radius 2 is 2.10 bits per heavy atom. The highest BCUT2D eigenvalue weighted by atomic mass is 16.5. The van der Waals surface area contributed by atoms with E-state index < -0.39 is 0 Å². The van der Waals surface area contributed by atoms with Gasteiger partial charge in [0.1, 0.15) is 0 Å². The Labute approximate surface area is 123 Å². The first-order valence-corrected chi connectivity index (χ1v) is 7.71. The third-order valence-corrected chi connectivity index (χ3v) is 4.39. The Bertz CT molecular complexity index is 409. The molecule has 3 atom stereocenters. The number of benzene rings is 1. The van der Waals surface area contributed by atoms with Gasteiger partial charge in [-0.05, 0) is 33.3 Å². The summed E-state index contributed by atoms with van der Waals surface area (Å²) in [6.07, 6.45) is 0. The van der Waals surface area contributed by atoms with Crippen LogP contribution in [0.1, 0.15) is 33.3 Å². The zero-order valence-corrected chi connectivity index (χ0v) is 13.2. The fourth-order valence-corrected chi connectivity index (χ4v) is 3.04. The van der Waals surface area contributed by atoms with Gasteiger partial charge >= 0.3 is 0 Å². The highest BCUT2D eigenvalue weighted by molar-refractivity contribution is 5.25. The zero-order valence-electron chi connectivity index (χ0n) is 13.2. The molecule has 1 saturated heterocycles. The summed E-state index contributed by atoms with van der Waals surface area (Å²) >= 11 is 0. The van der Waals surface area contributed by atoms with E-state index in [0.29, 0.717) is 12.1 Å². The Balaban J connectivity index is 2.11. The van der Waals surface area contributed by atoms with Gasteiger partial charge in [-0.15, -0.1) is 0 Å². The maximum absolute atomic E-state index is 5.61. The predicted molar refractivity (Wildman–Crippen MR) is 83.9 cm³/mol. The molecule has 1 aliphatic rings. The monoisotopic (exact) mass is 276 g/mol. The van der Waals surface area contributed by atoms with Crippen LogP contribution in [-0.2, 0) is 10.3 Å². The second kappa shape index (κ2) is 6.70. The molecule has 3 nitrogen and oxygen atoms in total. The number of rotatable bonds is 5. The summed E-state index contributed by atoms with van der Waals surface area (Å²) in [5.74, 6) is 0. The maximum atomic E-state index is 5.61. The quantitative estimate of drug-likeness (QED) is 0.895. The van der Waals surface area contributed by atoms with Gasteiger partial charge in [0, 0.05) is 31.8 Å². The molecule has 1 heterocycles. The van der Waals surface area contributed by atoms with Crippen LogP contribution < -0.4 is 5.32 Å². The van der Waals surface area contributed by atoms with Crippen LogP contribution in [0.15, 0.2) is 30.3 Å². The molecule has 2 rings (SSSR count). The van der Waals surface area contributed by atoms with Crippen molar-refractivity contribution in [2.24, 2.45) is 0 Å². The highest BCUT2D eigenvalue weighted by Crippen LogP contribution is 2.27. The van der Waals surface area contributed by atoms with Crippen molar-refractivity contribution in [2.75, 3.05) is 26.3 Å². The van der Waals surface area contributed by atoms with Gasteiger partial charge in [-0.3, -0.25) is 4.90 Å². The second-order valence-electron chi connectivity index (χ2n) is 6.11. The van der Waals surface area contributed by atoms with Gasteiger partial charge in [-0.25, -0.2) is 0 Å². The third kappa shape index (κ3) is 3.40. The molecular formula is C17H28N2O. The van der Waals surface area contributed by atoms with Gasteiger partial charge in [0.25, 0.3) is 0 Å². The van der Waals surface area contributed by atoms with Gasteiger partial charge in [-0.2, -0.15) is 0 Å². The van der Waals surface area contributed by atoms with Crippen molar-refractivity contribution in [1.29, 1.82) is 0 Å². The molecule has 20 heavy (non-hydrogen) atoms. The third-order valence-electron chi connectivity index (χ3n) is 4.39. The van der Waals surface area contributed by atoms with Crippen LogP contribution in [0.2, 0.25) is 0 Å². The summed E-state index contributed by atoms with van der Waals surface area (Å²) in [5, 5.41) is 3.72. The van der Waals surface area contributed by atoms with E-state index in [1.54, 1.807) is 0 Å². The van der Waals surface area contributed by atoms with Crippen LogP contribution in [0.4, 0.5) is 0 Å². The molecule has 0 saturated carbocycles. The maximum Gasteiger partial charge on any atom is 0.0619 e. The highest BCUT2D eigenvalue weighted by Gasteiger charge is 2.37. The van der Waals surface area contributed by atoms with Crippen LogP contribution in [0, 0.1) is 0 Å². The fraction of sp³-hybridized carbons (Fsp3) is 0.647. The Morgan fingerprint density at radius 1 is 1.40 bits per heavy atom. The number of piperazine rings is 1. The molecule has 0 amide bonds.